The zero-order valence-corrected chi connectivity index (χ0v) is 30.0. The Morgan fingerprint density at radius 1 is 0.333 bits per heavy atom. The lowest BCUT2D eigenvalue weighted by molar-refractivity contribution is 1.08. The highest BCUT2D eigenvalue weighted by molar-refractivity contribution is 7.26. The summed E-state index contributed by atoms with van der Waals surface area (Å²) in [5.74, 6) is 1.95. The van der Waals surface area contributed by atoms with Crippen molar-refractivity contribution in [3.8, 4) is 45.3 Å². The Hall–Kier alpha value is -6.95. The Bertz CT molecular complexity index is 2810. The molecule has 0 aliphatic heterocycles. The molecule has 254 valence electrons. The van der Waals surface area contributed by atoms with E-state index in [1.165, 1.54) is 25.6 Å². The average Bonchev–Trinajstić information content (AvgIpc) is 3.64. The van der Waals surface area contributed by atoms with Crippen LogP contribution in [0, 0.1) is 0 Å². The molecule has 0 atom stereocenters. The van der Waals surface area contributed by atoms with Crippen LogP contribution in [0.3, 0.4) is 0 Å². The van der Waals surface area contributed by atoms with Crippen molar-refractivity contribution in [2.45, 2.75) is 0 Å². The summed E-state index contributed by atoms with van der Waals surface area (Å²) < 4.78 is 2.52. The highest BCUT2D eigenvalue weighted by Crippen LogP contribution is 2.44. The second-order valence-electron chi connectivity index (χ2n) is 13.3. The predicted octanol–water partition coefficient (Wildman–Crippen LogP) is 13.5. The van der Waals surface area contributed by atoms with Crippen LogP contribution in [0.15, 0.2) is 194 Å². The summed E-state index contributed by atoms with van der Waals surface area (Å²) in [7, 11) is 0. The summed E-state index contributed by atoms with van der Waals surface area (Å²) >= 11 is 1.84. The van der Waals surface area contributed by atoms with Crippen LogP contribution in [0.1, 0.15) is 0 Å². The molecule has 0 aliphatic rings. The van der Waals surface area contributed by atoms with E-state index in [-0.39, 0.29) is 0 Å². The van der Waals surface area contributed by atoms with Gasteiger partial charge in [-0.3, -0.25) is 0 Å². The zero-order valence-electron chi connectivity index (χ0n) is 29.2. The van der Waals surface area contributed by atoms with E-state index in [0.29, 0.717) is 17.5 Å². The third-order valence-corrected chi connectivity index (χ3v) is 11.1. The Labute approximate surface area is 317 Å². The fraction of sp³-hybridized carbons (Fsp3) is 0. The number of nitrogens with zero attached hydrogens (tertiary/aromatic N) is 4. The number of rotatable bonds is 7. The normalized spacial score (nSPS) is 11.3. The molecular formula is C49H32N4S. The van der Waals surface area contributed by atoms with Gasteiger partial charge < -0.3 is 4.90 Å². The van der Waals surface area contributed by atoms with Gasteiger partial charge in [0.15, 0.2) is 17.5 Å². The van der Waals surface area contributed by atoms with Crippen molar-refractivity contribution in [3.05, 3.63) is 194 Å². The lowest BCUT2D eigenvalue weighted by Crippen LogP contribution is -2.09. The van der Waals surface area contributed by atoms with Crippen molar-refractivity contribution in [2.75, 3.05) is 4.90 Å². The largest absolute Gasteiger partial charge is 0.311 e. The molecule has 54 heavy (non-hydrogen) atoms. The number of hydrogen-bond donors (Lipinski definition) is 0. The number of aromatic nitrogens is 3. The van der Waals surface area contributed by atoms with Crippen molar-refractivity contribution in [1.29, 1.82) is 0 Å². The Kier molecular flexibility index (Phi) is 7.97. The van der Waals surface area contributed by atoms with Gasteiger partial charge in [0.1, 0.15) is 0 Å². The molecule has 0 aliphatic carbocycles. The van der Waals surface area contributed by atoms with Gasteiger partial charge >= 0.3 is 0 Å². The molecule has 10 rings (SSSR count). The smallest absolute Gasteiger partial charge is 0.164 e. The molecule has 0 amide bonds. The number of hydrogen-bond acceptors (Lipinski definition) is 5. The number of fused-ring (bicyclic) bond motifs is 5. The van der Waals surface area contributed by atoms with Crippen LogP contribution >= 0.6 is 11.3 Å². The molecule has 10 aromatic rings. The molecule has 0 saturated carbocycles. The van der Waals surface area contributed by atoms with Gasteiger partial charge in [0.05, 0.1) is 0 Å². The van der Waals surface area contributed by atoms with E-state index in [1.54, 1.807) is 0 Å². The van der Waals surface area contributed by atoms with E-state index in [4.69, 9.17) is 15.0 Å². The molecule has 2 heterocycles. The van der Waals surface area contributed by atoms with Crippen molar-refractivity contribution in [2.24, 2.45) is 0 Å². The molecule has 2 aromatic heterocycles. The highest BCUT2D eigenvalue weighted by Gasteiger charge is 2.19. The lowest BCUT2D eigenvalue weighted by atomic mass is 9.95. The first-order valence-corrected chi connectivity index (χ1v) is 18.8. The minimum absolute atomic E-state index is 0.649. The monoisotopic (exact) mass is 708 g/mol. The summed E-state index contributed by atoms with van der Waals surface area (Å²) in [5, 5.41) is 4.74. The first kappa shape index (κ1) is 31.8. The van der Waals surface area contributed by atoms with Gasteiger partial charge in [-0.1, -0.05) is 140 Å². The van der Waals surface area contributed by atoms with E-state index >= 15 is 0 Å². The van der Waals surface area contributed by atoms with Gasteiger partial charge in [0, 0.05) is 59.3 Å². The molecule has 4 nitrogen and oxygen atoms in total. The quantitative estimate of drug-likeness (QED) is 0.165. The molecule has 0 fully saturated rings. The second kappa shape index (κ2) is 13.6. The molecular weight excluding hydrogens is 677 g/mol. The molecule has 0 spiro atoms. The SMILES string of the molecule is c1ccc(-c2nc(-c3ccccc3)nc(-c3cc4c5ccccc5sc4c4ccc(-c5ccc(N(c6ccccc6)c6ccccc6)cc5)cc34)n2)cc1. The van der Waals surface area contributed by atoms with Crippen molar-refractivity contribution < 1.29 is 0 Å². The maximum Gasteiger partial charge on any atom is 0.164 e. The fourth-order valence-corrected chi connectivity index (χ4v) is 8.52. The third-order valence-electron chi connectivity index (χ3n) is 9.90. The number of anilines is 3. The van der Waals surface area contributed by atoms with Gasteiger partial charge in [0.25, 0.3) is 0 Å². The molecule has 0 radical (unpaired) electrons. The van der Waals surface area contributed by atoms with E-state index in [0.717, 1.165) is 50.3 Å². The summed E-state index contributed by atoms with van der Waals surface area (Å²) in [5.41, 5.74) is 8.46. The van der Waals surface area contributed by atoms with E-state index in [2.05, 4.69) is 163 Å². The van der Waals surface area contributed by atoms with Gasteiger partial charge in [-0.2, -0.15) is 0 Å². The first-order valence-electron chi connectivity index (χ1n) is 18.0. The van der Waals surface area contributed by atoms with Crippen LogP contribution in [0.4, 0.5) is 17.1 Å². The minimum Gasteiger partial charge on any atom is -0.311 e. The molecule has 0 N–H and O–H groups in total. The van der Waals surface area contributed by atoms with Crippen LogP contribution in [0.25, 0.3) is 76.2 Å². The van der Waals surface area contributed by atoms with E-state index < -0.39 is 0 Å². The summed E-state index contributed by atoms with van der Waals surface area (Å²) in [6, 6.07) is 68.0. The molecule has 0 bridgehead atoms. The van der Waals surface area contributed by atoms with Crippen molar-refractivity contribution in [3.63, 3.8) is 0 Å². The Morgan fingerprint density at radius 3 is 1.44 bits per heavy atom. The van der Waals surface area contributed by atoms with Crippen LogP contribution in [-0.2, 0) is 0 Å². The number of para-hydroxylation sites is 2. The Morgan fingerprint density at radius 2 is 0.833 bits per heavy atom. The van der Waals surface area contributed by atoms with Crippen molar-refractivity contribution >= 4 is 59.3 Å². The standard InChI is InChI=1S/C49H32N4S/c1-5-15-34(16-6-1)47-50-48(35-17-7-2-8-18-35)52-49(51-47)44-32-43-40-23-13-14-24-45(40)54-46(43)41-30-27-36(31-42(41)44)33-25-28-39(29-26-33)53(37-19-9-3-10-20-37)38-21-11-4-12-22-38/h1-32H. The van der Waals surface area contributed by atoms with Gasteiger partial charge in [-0.15, -0.1) is 11.3 Å². The van der Waals surface area contributed by atoms with Crippen LogP contribution < -0.4 is 4.90 Å². The molecule has 8 aromatic carbocycles. The summed E-state index contributed by atoms with van der Waals surface area (Å²) in [4.78, 5) is 17.7. The molecule has 0 unspecified atom stereocenters. The average molecular weight is 709 g/mol. The van der Waals surface area contributed by atoms with Crippen LogP contribution in [-0.4, -0.2) is 15.0 Å². The lowest BCUT2D eigenvalue weighted by Gasteiger charge is -2.25. The van der Waals surface area contributed by atoms with E-state index in [1.807, 2.05) is 47.7 Å². The predicted molar refractivity (Wildman–Crippen MR) is 227 cm³/mol. The van der Waals surface area contributed by atoms with Crippen molar-refractivity contribution in [1.82, 2.24) is 15.0 Å². The summed E-state index contributed by atoms with van der Waals surface area (Å²) in [6.45, 7) is 0. The van der Waals surface area contributed by atoms with E-state index in [9.17, 15) is 0 Å². The number of benzene rings is 8. The first-order chi connectivity index (χ1) is 26.8. The maximum absolute atomic E-state index is 5.19. The van der Waals surface area contributed by atoms with Crippen LogP contribution in [0.2, 0.25) is 0 Å². The topological polar surface area (TPSA) is 41.9 Å². The fourth-order valence-electron chi connectivity index (χ4n) is 7.29. The van der Waals surface area contributed by atoms with Gasteiger partial charge in [-0.05, 0) is 71.1 Å². The number of thiophene rings is 1. The third kappa shape index (κ3) is 5.77. The van der Waals surface area contributed by atoms with Crippen LogP contribution in [0.5, 0.6) is 0 Å². The van der Waals surface area contributed by atoms with Gasteiger partial charge in [0.2, 0.25) is 0 Å². The second-order valence-corrected chi connectivity index (χ2v) is 14.3. The zero-order chi connectivity index (χ0) is 35.8. The van der Waals surface area contributed by atoms with Gasteiger partial charge in [-0.25, -0.2) is 15.0 Å². The molecule has 0 saturated heterocycles. The molecule has 5 heteroatoms. The minimum atomic E-state index is 0.649. The summed E-state index contributed by atoms with van der Waals surface area (Å²) in [6.07, 6.45) is 0. The highest BCUT2D eigenvalue weighted by atomic mass is 32.1. The Balaban J connectivity index is 1.16. The maximum atomic E-state index is 5.19.